The second-order valence-electron chi connectivity index (χ2n) is 6.68. The number of rotatable bonds is 7. The number of hydrogen-bond acceptors (Lipinski definition) is 2. The minimum atomic E-state index is -0.223. The zero-order chi connectivity index (χ0) is 19.2. The van der Waals surface area contributed by atoms with Gasteiger partial charge in [-0.3, -0.25) is 9.67 Å². The van der Waals surface area contributed by atoms with Crippen molar-refractivity contribution in [3.8, 4) is 0 Å². The number of aryl methyl sites for hydroxylation is 3. The quantitative estimate of drug-likeness (QED) is 0.340. The fourth-order valence-corrected chi connectivity index (χ4v) is 3.24. The number of nitrogens with zero attached hydrogens (tertiary/aromatic N) is 3. The summed E-state index contributed by atoms with van der Waals surface area (Å²) in [5.74, 6) is 0.563. The maximum Gasteiger partial charge on any atom is 0.190 e. The molecule has 0 fully saturated rings. The molecule has 0 aliphatic heterocycles. The molecular weight excluding hydrogens is 343 g/mol. The van der Waals surface area contributed by atoms with E-state index < -0.39 is 0 Å². The van der Waals surface area contributed by atoms with E-state index in [0.717, 1.165) is 60.6 Å². The van der Waals surface area contributed by atoms with E-state index in [1.54, 1.807) is 7.05 Å². The van der Waals surface area contributed by atoms with Gasteiger partial charge in [0, 0.05) is 49.5 Å². The number of fused-ring (bicyclic) bond motifs is 1. The Morgan fingerprint density at radius 3 is 2.78 bits per heavy atom. The number of aliphatic imine (C=N–C) groups is 1. The third-order valence-corrected chi connectivity index (χ3v) is 4.58. The molecule has 7 heteroatoms. The lowest BCUT2D eigenvalue weighted by molar-refractivity contribution is 0.555. The zero-order valence-corrected chi connectivity index (χ0v) is 16.1. The van der Waals surface area contributed by atoms with Crippen LogP contribution in [0.1, 0.15) is 23.4 Å². The van der Waals surface area contributed by atoms with Crippen LogP contribution in [0.15, 0.2) is 35.5 Å². The van der Waals surface area contributed by atoms with E-state index in [0.29, 0.717) is 0 Å². The van der Waals surface area contributed by atoms with Gasteiger partial charge in [-0.25, -0.2) is 4.39 Å². The first-order valence-corrected chi connectivity index (χ1v) is 9.28. The molecule has 27 heavy (non-hydrogen) atoms. The molecule has 6 nitrogen and oxygen atoms in total. The summed E-state index contributed by atoms with van der Waals surface area (Å²) in [7, 11) is 1.77. The van der Waals surface area contributed by atoms with Crippen LogP contribution in [0.5, 0.6) is 0 Å². The van der Waals surface area contributed by atoms with E-state index >= 15 is 0 Å². The summed E-state index contributed by atoms with van der Waals surface area (Å²) in [6, 6.07) is 6.93. The molecule has 3 aromatic rings. The SMILES string of the molecule is CN=C(NCCCn1nc(C)cc1C)NCCc1c[nH]c2cc(F)ccc12. The molecule has 0 atom stereocenters. The van der Waals surface area contributed by atoms with Crippen molar-refractivity contribution in [2.24, 2.45) is 4.99 Å². The van der Waals surface area contributed by atoms with Gasteiger partial charge in [-0.2, -0.15) is 5.10 Å². The molecule has 0 saturated carbocycles. The number of guanidine groups is 1. The molecule has 0 bridgehead atoms. The van der Waals surface area contributed by atoms with Gasteiger partial charge in [-0.15, -0.1) is 0 Å². The topological polar surface area (TPSA) is 70.0 Å². The van der Waals surface area contributed by atoms with Crippen LogP contribution in [0.2, 0.25) is 0 Å². The lowest BCUT2D eigenvalue weighted by Crippen LogP contribution is -2.39. The molecule has 2 heterocycles. The van der Waals surface area contributed by atoms with Gasteiger partial charge in [-0.1, -0.05) is 0 Å². The summed E-state index contributed by atoms with van der Waals surface area (Å²) >= 11 is 0. The molecule has 2 aromatic heterocycles. The monoisotopic (exact) mass is 370 g/mol. The molecular formula is C20H27FN6. The first kappa shape index (κ1) is 18.9. The van der Waals surface area contributed by atoms with Crippen molar-refractivity contribution < 1.29 is 4.39 Å². The Kier molecular flexibility index (Phi) is 6.11. The van der Waals surface area contributed by atoms with Crippen LogP contribution in [-0.2, 0) is 13.0 Å². The number of halogens is 1. The Hall–Kier alpha value is -2.83. The largest absolute Gasteiger partial charge is 0.361 e. The normalized spacial score (nSPS) is 11.9. The Morgan fingerprint density at radius 1 is 1.22 bits per heavy atom. The number of hydrogen-bond donors (Lipinski definition) is 3. The predicted octanol–water partition coefficient (Wildman–Crippen LogP) is 2.92. The van der Waals surface area contributed by atoms with E-state index in [9.17, 15) is 4.39 Å². The maximum absolute atomic E-state index is 13.3. The van der Waals surface area contributed by atoms with Crippen molar-refractivity contribution in [2.45, 2.75) is 33.2 Å². The van der Waals surface area contributed by atoms with Crippen molar-refractivity contribution in [2.75, 3.05) is 20.1 Å². The highest BCUT2D eigenvalue weighted by molar-refractivity contribution is 5.83. The molecule has 3 N–H and O–H groups in total. The van der Waals surface area contributed by atoms with E-state index in [1.165, 1.54) is 17.8 Å². The Labute approximate surface area is 158 Å². The van der Waals surface area contributed by atoms with Crippen molar-refractivity contribution in [1.82, 2.24) is 25.4 Å². The van der Waals surface area contributed by atoms with Crippen LogP contribution in [0.3, 0.4) is 0 Å². The predicted molar refractivity (Wildman–Crippen MR) is 108 cm³/mol. The van der Waals surface area contributed by atoms with E-state index in [-0.39, 0.29) is 5.82 Å². The van der Waals surface area contributed by atoms with Crippen molar-refractivity contribution in [1.29, 1.82) is 0 Å². The van der Waals surface area contributed by atoms with Crippen LogP contribution in [0.25, 0.3) is 10.9 Å². The van der Waals surface area contributed by atoms with Gasteiger partial charge in [0.25, 0.3) is 0 Å². The van der Waals surface area contributed by atoms with Crippen molar-refractivity contribution in [3.05, 3.63) is 53.2 Å². The third kappa shape index (κ3) is 4.87. The number of benzene rings is 1. The summed E-state index contributed by atoms with van der Waals surface area (Å²) < 4.78 is 15.3. The summed E-state index contributed by atoms with van der Waals surface area (Å²) in [4.78, 5) is 7.38. The zero-order valence-electron chi connectivity index (χ0n) is 16.1. The number of aromatic nitrogens is 3. The lowest BCUT2D eigenvalue weighted by Gasteiger charge is -2.12. The van der Waals surface area contributed by atoms with Gasteiger partial charge in [-0.05, 0) is 56.5 Å². The molecule has 0 aliphatic rings. The second-order valence-corrected chi connectivity index (χ2v) is 6.68. The molecule has 0 saturated heterocycles. The number of nitrogens with one attached hydrogen (secondary N) is 3. The van der Waals surface area contributed by atoms with Crippen LogP contribution in [-0.4, -0.2) is 40.9 Å². The minimum Gasteiger partial charge on any atom is -0.361 e. The van der Waals surface area contributed by atoms with E-state index in [1.807, 2.05) is 23.9 Å². The van der Waals surface area contributed by atoms with Gasteiger partial charge >= 0.3 is 0 Å². The Balaban J connectivity index is 1.41. The highest BCUT2D eigenvalue weighted by Crippen LogP contribution is 2.19. The highest BCUT2D eigenvalue weighted by Gasteiger charge is 2.05. The highest BCUT2D eigenvalue weighted by atomic mass is 19.1. The maximum atomic E-state index is 13.3. The summed E-state index contributed by atoms with van der Waals surface area (Å²) in [5, 5.41) is 12.2. The fourth-order valence-electron chi connectivity index (χ4n) is 3.24. The minimum absolute atomic E-state index is 0.223. The van der Waals surface area contributed by atoms with Crippen LogP contribution in [0, 0.1) is 19.7 Å². The van der Waals surface area contributed by atoms with Crippen molar-refractivity contribution >= 4 is 16.9 Å². The molecule has 0 amide bonds. The fraction of sp³-hybridized carbons (Fsp3) is 0.400. The van der Waals surface area contributed by atoms with Crippen molar-refractivity contribution in [3.63, 3.8) is 0 Å². The number of aromatic amines is 1. The first-order chi connectivity index (χ1) is 13.1. The van der Waals surface area contributed by atoms with Crippen LogP contribution < -0.4 is 10.6 Å². The van der Waals surface area contributed by atoms with E-state index in [2.05, 4.69) is 38.7 Å². The average molecular weight is 370 g/mol. The van der Waals surface area contributed by atoms with Crippen LogP contribution >= 0.6 is 0 Å². The van der Waals surface area contributed by atoms with E-state index in [4.69, 9.17) is 0 Å². The molecule has 0 spiro atoms. The summed E-state index contributed by atoms with van der Waals surface area (Å²) in [6.07, 6.45) is 3.74. The van der Waals surface area contributed by atoms with Gasteiger partial charge in [0.15, 0.2) is 5.96 Å². The van der Waals surface area contributed by atoms with Gasteiger partial charge in [0.1, 0.15) is 5.82 Å². The molecule has 3 rings (SSSR count). The van der Waals surface area contributed by atoms with Gasteiger partial charge < -0.3 is 15.6 Å². The Morgan fingerprint density at radius 2 is 2.04 bits per heavy atom. The average Bonchev–Trinajstić information content (AvgIpc) is 3.18. The van der Waals surface area contributed by atoms with Crippen LogP contribution in [0.4, 0.5) is 4.39 Å². The first-order valence-electron chi connectivity index (χ1n) is 9.28. The lowest BCUT2D eigenvalue weighted by atomic mass is 10.1. The van der Waals surface area contributed by atoms with Gasteiger partial charge in [0.05, 0.1) is 5.69 Å². The summed E-state index contributed by atoms with van der Waals surface area (Å²) in [6.45, 7) is 6.55. The molecule has 0 aliphatic carbocycles. The Bertz CT molecular complexity index is 924. The molecule has 1 aromatic carbocycles. The molecule has 0 radical (unpaired) electrons. The second kappa shape index (κ2) is 8.70. The smallest absolute Gasteiger partial charge is 0.190 e. The standard InChI is InChI=1S/C20H27FN6/c1-14-11-15(2)27(26-14)10-4-8-23-20(22-3)24-9-7-16-13-25-19-12-17(21)5-6-18(16)19/h5-6,11-13,25H,4,7-10H2,1-3H3,(H2,22,23,24). The third-order valence-electron chi connectivity index (χ3n) is 4.58. The summed E-state index contributed by atoms with van der Waals surface area (Å²) in [5.41, 5.74) is 4.24. The van der Waals surface area contributed by atoms with Gasteiger partial charge in [0.2, 0.25) is 0 Å². The number of H-pyrrole nitrogens is 1. The molecule has 144 valence electrons. The molecule has 0 unspecified atom stereocenters.